The van der Waals surface area contributed by atoms with Crippen LogP contribution in [0.1, 0.15) is 35.2 Å². The van der Waals surface area contributed by atoms with Gasteiger partial charge in [-0.25, -0.2) is 4.79 Å². The van der Waals surface area contributed by atoms with Crippen LogP contribution in [-0.4, -0.2) is 84.0 Å². The van der Waals surface area contributed by atoms with Gasteiger partial charge in [0.25, 0.3) is 5.91 Å². The van der Waals surface area contributed by atoms with E-state index >= 15 is 0 Å². The topological polar surface area (TPSA) is 118 Å². The third kappa shape index (κ3) is 8.06. The predicted molar refractivity (Wildman–Crippen MR) is 183 cm³/mol. The molecule has 0 spiro atoms. The normalized spacial score (nSPS) is 15.8. The van der Waals surface area contributed by atoms with Gasteiger partial charge in [-0.3, -0.25) is 19.4 Å². The molecule has 3 aromatic carbocycles. The number of hydrogen-bond acceptors (Lipinski definition) is 9. The van der Waals surface area contributed by atoms with Crippen molar-refractivity contribution in [3.63, 3.8) is 0 Å². The average Bonchev–Trinajstić information content (AvgIpc) is 3.67. The van der Waals surface area contributed by atoms with E-state index in [1.165, 1.54) is 53.8 Å². The van der Waals surface area contributed by atoms with E-state index in [0.717, 1.165) is 36.3 Å². The summed E-state index contributed by atoms with van der Waals surface area (Å²) in [7, 11) is 3.18. The molecule has 0 aromatic heterocycles. The van der Waals surface area contributed by atoms with Crippen molar-refractivity contribution >= 4 is 57.8 Å². The Hall–Kier alpha value is -4.39. The Kier molecular flexibility index (Phi) is 10.9. The molecule has 2 saturated heterocycles. The molecule has 2 heterocycles. The second-order valence-electron chi connectivity index (χ2n) is 10.7. The molecule has 3 aromatic rings. The van der Waals surface area contributed by atoms with Gasteiger partial charge in [-0.05, 0) is 91.7 Å². The molecule has 0 radical (unpaired) electrons. The minimum absolute atomic E-state index is 0.0139. The van der Waals surface area contributed by atoms with Crippen LogP contribution in [0.3, 0.4) is 0 Å². The molecule has 12 heteroatoms. The number of carbonyl (C=O) groups excluding carboxylic acids is 2. The molecule has 0 aliphatic carbocycles. The number of amides is 2. The van der Waals surface area contributed by atoms with E-state index in [4.69, 9.17) is 31.5 Å². The molecule has 2 aliphatic rings. The summed E-state index contributed by atoms with van der Waals surface area (Å²) in [6.45, 7) is 3.60. The van der Waals surface area contributed by atoms with Crippen molar-refractivity contribution in [2.75, 3.05) is 52.3 Å². The van der Waals surface area contributed by atoms with Gasteiger partial charge in [-0.2, -0.15) is 0 Å². The van der Waals surface area contributed by atoms with Crippen LogP contribution >= 0.6 is 24.0 Å². The molecule has 2 amide bonds. The number of carboxylic acid groups (broad SMARTS) is 1. The minimum atomic E-state index is -1.05. The molecular weight excluding hydrogens is 627 g/mol. The Morgan fingerprint density at radius 1 is 0.935 bits per heavy atom. The highest BCUT2D eigenvalue weighted by Crippen LogP contribution is 2.37. The van der Waals surface area contributed by atoms with Gasteiger partial charge in [-0.15, -0.1) is 0 Å². The van der Waals surface area contributed by atoms with Gasteiger partial charge < -0.3 is 24.6 Å². The first-order chi connectivity index (χ1) is 22.2. The number of aromatic carboxylic acids is 1. The minimum Gasteiger partial charge on any atom is -0.493 e. The molecule has 10 nitrogen and oxygen atoms in total. The molecule has 46 heavy (non-hydrogen) atoms. The number of carbonyl (C=O) groups is 3. The van der Waals surface area contributed by atoms with E-state index in [-0.39, 0.29) is 30.3 Å². The van der Waals surface area contributed by atoms with Gasteiger partial charge in [0.05, 0.1) is 24.7 Å². The van der Waals surface area contributed by atoms with Crippen molar-refractivity contribution in [1.82, 2.24) is 9.80 Å². The number of thioether (sulfide) groups is 1. The number of nitrogens with zero attached hydrogens (tertiary/aromatic N) is 2. The lowest BCUT2D eigenvalue weighted by Gasteiger charge is -2.17. The number of benzene rings is 3. The summed E-state index contributed by atoms with van der Waals surface area (Å²) >= 11 is 6.71. The lowest BCUT2D eigenvalue weighted by molar-refractivity contribution is -0.122. The first-order valence-electron chi connectivity index (χ1n) is 14.9. The summed E-state index contributed by atoms with van der Waals surface area (Å²) in [5.41, 5.74) is 3.13. The fraction of sp³-hybridized carbons (Fsp3) is 0.294. The molecule has 2 fully saturated rings. The standard InChI is InChI=1S/C34H35N3O7S2/c1-42-28-12-8-24(20-29(28)43-2)23-7-11-27(44-18-17-36-14-3-4-15-36)25(19-23)21-30-32(39)37(34(45)46-30)16-13-31(38)35-26-9-5-22(6-10-26)33(40)41/h5-12,19-21H,3-4,13-18H2,1-2H3,(H,35,38)(H,40,41)/b30-21-. The lowest BCUT2D eigenvalue weighted by atomic mass is 10.0. The van der Waals surface area contributed by atoms with E-state index in [2.05, 4.69) is 10.2 Å². The van der Waals surface area contributed by atoms with Gasteiger partial charge in [0, 0.05) is 30.8 Å². The third-order valence-electron chi connectivity index (χ3n) is 7.73. The second-order valence-corrected chi connectivity index (χ2v) is 12.4. The fourth-order valence-electron chi connectivity index (χ4n) is 5.25. The summed E-state index contributed by atoms with van der Waals surface area (Å²) in [4.78, 5) is 41.4. The molecule has 2 N–H and O–H groups in total. The smallest absolute Gasteiger partial charge is 0.335 e. The van der Waals surface area contributed by atoms with Crippen LogP contribution in [0.4, 0.5) is 5.69 Å². The van der Waals surface area contributed by atoms with Crippen LogP contribution in [0.25, 0.3) is 17.2 Å². The maximum Gasteiger partial charge on any atom is 0.335 e. The number of methoxy groups -OCH3 is 2. The first kappa shape index (κ1) is 33.0. The molecular formula is C34H35N3O7S2. The molecule has 0 unspecified atom stereocenters. The van der Waals surface area contributed by atoms with Crippen LogP contribution in [0.2, 0.25) is 0 Å². The van der Waals surface area contributed by atoms with Gasteiger partial charge >= 0.3 is 5.97 Å². The monoisotopic (exact) mass is 661 g/mol. The maximum atomic E-state index is 13.5. The number of nitrogens with one attached hydrogen (secondary N) is 1. The Labute approximate surface area is 277 Å². The predicted octanol–water partition coefficient (Wildman–Crippen LogP) is 5.77. The van der Waals surface area contributed by atoms with E-state index in [9.17, 15) is 14.4 Å². The van der Waals surface area contributed by atoms with Crippen molar-refractivity contribution in [2.24, 2.45) is 0 Å². The summed E-state index contributed by atoms with van der Waals surface area (Å²) in [6, 6.07) is 17.4. The molecule has 2 aliphatic heterocycles. The highest BCUT2D eigenvalue weighted by atomic mass is 32.2. The Balaban J connectivity index is 1.32. The quantitative estimate of drug-likeness (QED) is 0.173. The zero-order valence-corrected chi connectivity index (χ0v) is 27.2. The molecule has 240 valence electrons. The molecule has 0 atom stereocenters. The zero-order chi connectivity index (χ0) is 32.6. The van der Waals surface area contributed by atoms with Gasteiger partial charge in [0.15, 0.2) is 11.5 Å². The third-order valence-corrected chi connectivity index (χ3v) is 9.11. The van der Waals surface area contributed by atoms with Gasteiger partial charge in [0.1, 0.15) is 16.7 Å². The zero-order valence-electron chi connectivity index (χ0n) is 25.6. The Morgan fingerprint density at radius 3 is 2.28 bits per heavy atom. The van der Waals surface area contributed by atoms with E-state index in [1.54, 1.807) is 20.3 Å². The number of thiocarbonyl (C=S) groups is 1. The number of hydrogen-bond donors (Lipinski definition) is 2. The summed E-state index contributed by atoms with van der Waals surface area (Å²) in [6.07, 6.45) is 4.21. The fourth-order valence-corrected chi connectivity index (χ4v) is 6.55. The summed E-state index contributed by atoms with van der Waals surface area (Å²) in [5, 5.41) is 11.8. The SMILES string of the molecule is COc1ccc(-c2ccc(OCCN3CCCC3)c(/C=C3\SC(=S)N(CCC(=O)Nc4ccc(C(=O)O)cc4)C3=O)c2)cc1OC. The van der Waals surface area contributed by atoms with Crippen molar-refractivity contribution in [2.45, 2.75) is 19.3 Å². The highest BCUT2D eigenvalue weighted by Gasteiger charge is 2.32. The van der Waals surface area contributed by atoms with Crippen LogP contribution in [0.15, 0.2) is 65.6 Å². The summed E-state index contributed by atoms with van der Waals surface area (Å²) in [5.74, 6) is 0.234. The first-order valence-corrected chi connectivity index (χ1v) is 16.1. The van der Waals surface area contributed by atoms with Gasteiger partial charge in [0.2, 0.25) is 5.91 Å². The highest BCUT2D eigenvalue weighted by molar-refractivity contribution is 8.26. The molecule has 5 rings (SSSR count). The second kappa shape index (κ2) is 15.3. The van der Waals surface area contributed by atoms with Crippen LogP contribution in [0, 0.1) is 0 Å². The number of likely N-dealkylation sites (tertiary alicyclic amines) is 1. The van der Waals surface area contributed by atoms with Crippen molar-refractivity contribution in [3.05, 3.63) is 76.7 Å². The average molecular weight is 662 g/mol. The molecule has 0 saturated carbocycles. The molecule has 0 bridgehead atoms. The lowest BCUT2D eigenvalue weighted by Crippen LogP contribution is -2.31. The van der Waals surface area contributed by atoms with Crippen molar-refractivity contribution < 1.29 is 33.7 Å². The Bertz CT molecular complexity index is 1650. The largest absolute Gasteiger partial charge is 0.493 e. The van der Waals surface area contributed by atoms with Crippen LogP contribution in [-0.2, 0) is 9.59 Å². The Morgan fingerprint density at radius 2 is 1.61 bits per heavy atom. The maximum absolute atomic E-state index is 13.5. The number of anilines is 1. The number of rotatable bonds is 13. The summed E-state index contributed by atoms with van der Waals surface area (Å²) < 4.78 is 17.5. The van der Waals surface area contributed by atoms with Crippen molar-refractivity contribution in [1.29, 1.82) is 0 Å². The van der Waals surface area contributed by atoms with Crippen molar-refractivity contribution in [3.8, 4) is 28.4 Å². The van der Waals surface area contributed by atoms with E-state index in [0.29, 0.717) is 38.8 Å². The number of carboxylic acids is 1. The van der Waals surface area contributed by atoms with Crippen LogP contribution in [0.5, 0.6) is 17.2 Å². The van der Waals surface area contributed by atoms with E-state index in [1.807, 2.05) is 36.4 Å². The van der Waals surface area contributed by atoms with Gasteiger partial charge in [-0.1, -0.05) is 36.1 Å². The van der Waals surface area contributed by atoms with E-state index < -0.39 is 5.97 Å². The van der Waals surface area contributed by atoms with Crippen LogP contribution < -0.4 is 19.5 Å². The number of ether oxygens (including phenoxy) is 3.